The van der Waals surface area contributed by atoms with E-state index in [-0.39, 0.29) is 35.9 Å². The number of nitrogens with one attached hydrogen (secondary N) is 1. The summed E-state index contributed by atoms with van der Waals surface area (Å²) in [7, 11) is 3.15. The Kier molecular flexibility index (Phi) is 8.79. The summed E-state index contributed by atoms with van der Waals surface area (Å²) in [6.45, 7) is 0.0174. The van der Waals surface area contributed by atoms with E-state index in [9.17, 15) is 14.0 Å². The second kappa shape index (κ2) is 13.2. The van der Waals surface area contributed by atoms with Crippen LogP contribution in [0.1, 0.15) is 21.9 Å². The van der Waals surface area contributed by atoms with Gasteiger partial charge < -0.3 is 14.8 Å². The summed E-state index contributed by atoms with van der Waals surface area (Å²) in [5, 5.41) is 7.56. The standard InChI is InChI=1S/C34H30FN5O4S/c1-43-27-15-10-24(17-28(27)44-2)33-31-32(23-8-4-3-5-9-23)38-40(26-13-11-25(35)12-14-26)34(31)39(30(42)21-45-33)20-29(41)37-19-22-7-6-16-36-18-22/h3-18,33H,19-21H2,1-2H3,(H,37,41)/t33-/m0/s1. The quantitative estimate of drug-likeness (QED) is 0.229. The summed E-state index contributed by atoms with van der Waals surface area (Å²) in [5.41, 5.74) is 4.45. The molecule has 11 heteroatoms. The first-order valence-corrected chi connectivity index (χ1v) is 15.3. The summed E-state index contributed by atoms with van der Waals surface area (Å²) >= 11 is 1.44. The van der Waals surface area contributed by atoms with Crippen LogP contribution < -0.4 is 19.7 Å². The molecule has 45 heavy (non-hydrogen) atoms. The van der Waals surface area contributed by atoms with Crippen LogP contribution in [0.25, 0.3) is 16.9 Å². The second-order valence-corrected chi connectivity index (χ2v) is 11.4. The van der Waals surface area contributed by atoms with Gasteiger partial charge in [0.15, 0.2) is 11.5 Å². The lowest BCUT2D eigenvalue weighted by Gasteiger charge is -2.23. The summed E-state index contributed by atoms with van der Waals surface area (Å²) in [6.07, 6.45) is 3.34. The van der Waals surface area contributed by atoms with Gasteiger partial charge in [-0.15, -0.1) is 11.8 Å². The van der Waals surface area contributed by atoms with E-state index in [0.29, 0.717) is 28.7 Å². The summed E-state index contributed by atoms with van der Waals surface area (Å²) < 4.78 is 26.8. The summed E-state index contributed by atoms with van der Waals surface area (Å²) in [5.74, 6) is 0.652. The number of nitrogens with zero attached hydrogens (tertiary/aromatic N) is 4. The lowest BCUT2D eigenvalue weighted by molar-refractivity contribution is -0.123. The molecule has 1 aliphatic rings. The van der Waals surface area contributed by atoms with Crippen molar-refractivity contribution >= 4 is 29.4 Å². The number of hydrogen-bond acceptors (Lipinski definition) is 7. The van der Waals surface area contributed by atoms with Crippen molar-refractivity contribution in [1.29, 1.82) is 0 Å². The van der Waals surface area contributed by atoms with E-state index in [1.807, 2.05) is 54.6 Å². The minimum atomic E-state index is -0.401. The molecule has 0 fully saturated rings. The van der Waals surface area contributed by atoms with Crippen LogP contribution in [0, 0.1) is 5.82 Å². The van der Waals surface area contributed by atoms with Crippen LogP contribution in [0.5, 0.6) is 11.5 Å². The fourth-order valence-corrected chi connectivity index (χ4v) is 6.46. The number of carbonyl (C=O) groups excluding carboxylic acids is 2. The molecule has 1 N–H and O–H groups in total. The first-order valence-electron chi connectivity index (χ1n) is 14.2. The highest BCUT2D eigenvalue weighted by Crippen LogP contribution is 2.49. The Morgan fingerprint density at radius 1 is 1.00 bits per heavy atom. The highest BCUT2D eigenvalue weighted by atomic mass is 32.2. The zero-order valence-corrected chi connectivity index (χ0v) is 25.5. The number of fused-ring (bicyclic) bond motifs is 1. The molecule has 2 aromatic heterocycles. The van der Waals surface area contributed by atoms with Crippen molar-refractivity contribution in [2.24, 2.45) is 0 Å². The van der Waals surface area contributed by atoms with Gasteiger partial charge in [-0.1, -0.05) is 42.5 Å². The Morgan fingerprint density at radius 3 is 2.49 bits per heavy atom. The van der Waals surface area contributed by atoms with Gasteiger partial charge in [-0.05, 0) is 53.6 Å². The van der Waals surface area contributed by atoms with Crippen LogP contribution in [0.3, 0.4) is 0 Å². The number of amides is 2. The van der Waals surface area contributed by atoms with Gasteiger partial charge in [0, 0.05) is 30.1 Å². The van der Waals surface area contributed by atoms with E-state index in [2.05, 4.69) is 10.3 Å². The topological polar surface area (TPSA) is 98.6 Å². The molecule has 0 aliphatic carbocycles. The van der Waals surface area contributed by atoms with E-state index in [1.54, 1.807) is 49.5 Å². The third-order valence-corrected chi connectivity index (χ3v) is 8.69. The summed E-state index contributed by atoms with van der Waals surface area (Å²) in [6, 6.07) is 24.9. The van der Waals surface area contributed by atoms with Crippen LogP contribution >= 0.6 is 11.8 Å². The molecule has 2 amide bonds. The molecule has 0 unspecified atom stereocenters. The third kappa shape index (κ3) is 6.25. The van der Waals surface area contributed by atoms with Gasteiger partial charge in [0.2, 0.25) is 11.8 Å². The Bertz CT molecular complexity index is 1820. The molecular formula is C34H30FN5O4S. The highest BCUT2D eigenvalue weighted by Gasteiger charge is 2.38. The molecule has 0 bridgehead atoms. The second-order valence-electron chi connectivity index (χ2n) is 10.3. The normalized spacial score (nSPS) is 14.4. The summed E-state index contributed by atoms with van der Waals surface area (Å²) in [4.78, 5) is 32.9. The molecule has 3 aromatic carbocycles. The Labute approximate surface area is 264 Å². The van der Waals surface area contributed by atoms with Crippen LogP contribution in [0.2, 0.25) is 0 Å². The van der Waals surface area contributed by atoms with Gasteiger partial charge in [0.1, 0.15) is 18.2 Å². The maximum absolute atomic E-state index is 14.1. The van der Waals surface area contributed by atoms with E-state index < -0.39 is 5.82 Å². The molecule has 0 saturated heterocycles. The molecule has 6 rings (SSSR count). The predicted molar refractivity (Wildman–Crippen MR) is 171 cm³/mol. The number of ether oxygens (including phenoxy) is 2. The number of benzene rings is 3. The highest BCUT2D eigenvalue weighted by molar-refractivity contribution is 8.00. The first kappa shape index (κ1) is 29.9. The van der Waals surface area contributed by atoms with Crippen LogP contribution in [-0.2, 0) is 16.1 Å². The maximum Gasteiger partial charge on any atom is 0.240 e. The number of hydrogen-bond donors (Lipinski definition) is 1. The number of thioether (sulfide) groups is 1. The Morgan fingerprint density at radius 2 is 1.78 bits per heavy atom. The molecule has 1 atom stereocenters. The molecule has 9 nitrogen and oxygen atoms in total. The fourth-order valence-electron chi connectivity index (χ4n) is 5.27. The minimum Gasteiger partial charge on any atom is -0.493 e. The smallest absolute Gasteiger partial charge is 0.240 e. The van der Waals surface area contributed by atoms with Gasteiger partial charge in [-0.2, -0.15) is 5.10 Å². The van der Waals surface area contributed by atoms with Crippen molar-refractivity contribution in [2.45, 2.75) is 11.8 Å². The van der Waals surface area contributed by atoms with Crippen molar-refractivity contribution in [3.05, 3.63) is 120 Å². The predicted octanol–water partition coefficient (Wildman–Crippen LogP) is 5.58. The number of anilines is 1. The molecular weight excluding hydrogens is 593 g/mol. The van der Waals surface area contributed by atoms with Crippen molar-refractivity contribution in [3.8, 4) is 28.4 Å². The number of aromatic nitrogens is 3. The number of rotatable bonds is 9. The lowest BCUT2D eigenvalue weighted by atomic mass is 9.99. The SMILES string of the molecule is COc1ccc([C@@H]2SCC(=O)N(CC(=O)NCc3cccnc3)c3c2c(-c2ccccc2)nn3-c2ccc(F)cc2)cc1OC. The lowest BCUT2D eigenvalue weighted by Crippen LogP contribution is -2.42. The van der Waals surface area contributed by atoms with Gasteiger partial charge in [0.05, 0.1) is 36.6 Å². The maximum atomic E-state index is 14.1. The third-order valence-electron chi connectivity index (χ3n) is 7.43. The van der Waals surface area contributed by atoms with Crippen molar-refractivity contribution in [3.63, 3.8) is 0 Å². The van der Waals surface area contributed by atoms with E-state index >= 15 is 0 Å². The monoisotopic (exact) mass is 623 g/mol. The molecule has 0 spiro atoms. The minimum absolute atomic E-state index is 0.0984. The molecule has 1 aliphatic heterocycles. The fraction of sp³-hybridized carbons (Fsp3) is 0.176. The average Bonchev–Trinajstić information content (AvgIpc) is 3.40. The largest absolute Gasteiger partial charge is 0.493 e. The number of pyridine rings is 1. The van der Waals surface area contributed by atoms with E-state index in [0.717, 1.165) is 22.3 Å². The van der Waals surface area contributed by atoms with Crippen molar-refractivity contribution in [2.75, 3.05) is 31.4 Å². The van der Waals surface area contributed by atoms with Crippen LogP contribution in [-0.4, -0.2) is 53.1 Å². The Balaban J connectivity index is 1.53. The van der Waals surface area contributed by atoms with Crippen molar-refractivity contribution < 1.29 is 23.5 Å². The van der Waals surface area contributed by atoms with Crippen LogP contribution in [0.15, 0.2) is 97.3 Å². The molecule has 5 aromatic rings. The number of carbonyl (C=O) groups is 2. The van der Waals surface area contributed by atoms with Gasteiger partial charge in [-0.3, -0.25) is 19.5 Å². The molecule has 228 valence electrons. The zero-order chi connectivity index (χ0) is 31.3. The van der Waals surface area contributed by atoms with Gasteiger partial charge in [0.25, 0.3) is 0 Å². The van der Waals surface area contributed by atoms with Crippen LogP contribution in [0.4, 0.5) is 10.2 Å². The first-order chi connectivity index (χ1) is 22.0. The van der Waals surface area contributed by atoms with Gasteiger partial charge in [-0.25, -0.2) is 9.07 Å². The molecule has 3 heterocycles. The number of halogens is 1. The number of methoxy groups -OCH3 is 2. The van der Waals surface area contributed by atoms with Gasteiger partial charge >= 0.3 is 0 Å². The molecule has 0 saturated carbocycles. The molecule has 0 radical (unpaired) electrons. The van der Waals surface area contributed by atoms with Crippen molar-refractivity contribution in [1.82, 2.24) is 20.1 Å². The zero-order valence-electron chi connectivity index (χ0n) is 24.6. The Hall–Kier alpha value is -5.16. The average molecular weight is 624 g/mol. The van der Waals surface area contributed by atoms with E-state index in [1.165, 1.54) is 28.8 Å². The van der Waals surface area contributed by atoms with E-state index in [4.69, 9.17) is 14.6 Å².